The van der Waals surface area contributed by atoms with Crippen LogP contribution < -0.4 is 10.1 Å². The number of aliphatic hydroxyl groups is 1. The summed E-state index contributed by atoms with van der Waals surface area (Å²) in [7, 11) is 1.59. The van der Waals surface area contributed by atoms with E-state index >= 15 is 0 Å². The van der Waals surface area contributed by atoms with Crippen molar-refractivity contribution in [1.82, 2.24) is 20.2 Å². The Hall–Kier alpha value is -4.43. The summed E-state index contributed by atoms with van der Waals surface area (Å²) >= 11 is 0. The second kappa shape index (κ2) is 16.2. The zero-order valence-electron chi connectivity index (χ0n) is 25.8. The number of rotatable bonds is 13. The highest BCUT2D eigenvalue weighted by atomic mass is 19.4. The predicted octanol–water partition coefficient (Wildman–Crippen LogP) is 3.55. The molecule has 4 rings (SSSR count). The smallest absolute Gasteiger partial charge is 0.490 e. The Kier molecular flexibility index (Phi) is 12.7. The number of hydrogen-bond acceptors (Lipinski definition) is 7. The van der Waals surface area contributed by atoms with E-state index in [1.807, 2.05) is 36.4 Å². The molecule has 3 aromatic rings. The summed E-state index contributed by atoms with van der Waals surface area (Å²) in [6, 6.07) is 14.6. The number of amides is 2. The van der Waals surface area contributed by atoms with Gasteiger partial charge >= 0.3 is 12.1 Å². The van der Waals surface area contributed by atoms with Crippen LogP contribution in [0.3, 0.4) is 0 Å². The molecular weight excluding hydrogens is 609 g/mol. The minimum Gasteiger partial charge on any atom is -0.497 e. The summed E-state index contributed by atoms with van der Waals surface area (Å²) in [5, 5.41) is 20.4. The standard InChI is InChI=1S/C30H38N4O5.C2HF3O2/c1-4-5-14-39-30(25-9-7-6-8-21(25)2)18-34(19-30)29(37)26(15-22-10-12-24(38-3)13-11-22)33-28(36)27(35)16-23-17-31-20-32-23;3-2(4,5)1(6)7/h6-13,17,20,26-27,35H,4-5,14-16,18-19H2,1-3H3,(H,31,32)(H,33,36);(H,6,7). The third kappa shape index (κ3) is 9.78. The summed E-state index contributed by atoms with van der Waals surface area (Å²) in [6.45, 7) is 5.57. The number of carbonyl (C=O) groups is 3. The molecule has 1 aliphatic heterocycles. The molecule has 11 nitrogen and oxygen atoms in total. The van der Waals surface area contributed by atoms with Crippen molar-refractivity contribution in [2.45, 2.75) is 63.5 Å². The lowest BCUT2D eigenvalue weighted by molar-refractivity contribution is -0.192. The number of aromatic amines is 1. The molecule has 2 aromatic carbocycles. The van der Waals surface area contributed by atoms with E-state index in [0.717, 1.165) is 29.5 Å². The van der Waals surface area contributed by atoms with Crippen LogP contribution in [0.5, 0.6) is 5.75 Å². The summed E-state index contributed by atoms with van der Waals surface area (Å²) in [6.07, 6.45) is -1.03. The number of carboxylic acid groups (broad SMARTS) is 1. The molecular formula is C32H39F3N4O7. The zero-order chi connectivity index (χ0) is 33.9. The number of imidazole rings is 1. The maximum atomic E-state index is 13.8. The van der Waals surface area contributed by atoms with Gasteiger partial charge < -0.3 is 34.9 Å². The number of alkyl halides is 3. The highest BCUT2D eigenvalue weighted by Crippen LogP contribution is 2.38. The SMILES string of the molecule is CCCCOC1(c2ccccc2C)CN(C(=O)C(Cc2ccc(OC)cc2)NC(=O)C(O)Cc2c[nH]cn2)C1.O=C(O)C(F)(F)F. The summed E-state index contributed by atoms with van der Waals surface area (Å²) in [4.78, 5) is 44.3. The number of hydrogen-bond donors (Lipinski definition) is 4. The fraction of sp³-hybridized carbons (Fsp3) is 0.438. The molecule has 1 aromatic heterocycles. The normalized spacial score (nSPS) is 15.1. The number of nitrogens with one attached hydrogen (secondary N) is 2. The fourth-order valence-corrected chi connectivity index (χ4v) is 4.94. The van der Waals surface area contributed by atoms with Gasteiger partial charge in [0.05, 0.1) is 32.2 Å². The van der Waals surface area contributed by atoms with E-state index < -0.39 is 35.8 Å². The Labute approximate surface area is 264 Å². The van der Waals surface area contributed by atoms with Crippen molar-refractivity contribution < 1.29 is 47.2 Å². The van der Waals surface area contributed by atoms with Crippen molar-refractivity contribution in [1.29, 1.82) is 0 Å². The number of nitrogens with zero attached hydrogens (tertiary/aromatic N) is 2. The van der Waals surface area contributed by atoms with Crippen LogP contribution in [-0.2, 0) is 37.6 Å². The van der Waals surface area contributed by atoms with Gasteiger partial charge in [-0.25, -0.2) is 9.78 Å². The van der Waals surface area contributed by atoms with Gasteiger partial charge in [0.25, 0.3) is 0 Å². The van der Waals surface area contributed by atoms with Crippen LogP contribution in [0.15, 0.2) is 61.1 Å². The number of benzene rings is 2. The van der Waals surface area contributed by atoms with Gasteiger partial charge in [-0.3, -0.25) is 9.59 Å². The highest BCUT2D eigenvalue weighted by molar-refractivity contribution is 5.90. The molecule has 2 amide bonds. The first-order chi connectivity index (χ1) is 21.8. The van der Waals surface area contributed by atoms with Gasteiger partial charge in [-0.15, -0.1) is 0 Å². The molecule has 250 valence electrons. The number of carboxylic acids is 1. The third-order valence-electron chi connectivity index (χ3n) is 7.43. The second-order valence-electron chi connectivity index (χ2n) is 10.9. The predicted molar refractivity (Wildman–Crippen MR) is 161 cm³/mol. The largest absolute Gasteiger partial charge is 0.497 e. The molecule has 2 unspecified atom stereocenters. The monoisotopic (exact) mass is 648 g/mol. The van der Waals surface area contributed by atoms with Gasteiger partial charge in [-0.2, -0.15) is 13.2 Å². The first-order valence-corrected chi connectivity index (χ1v) is 14.7. The average Bonchev–Trinajstić information content (AvgIpc) is 3.51. The van der Waals surface area contributed by atoms with Crippen LogP contribution in [0, 0.1) is 6.92 Å². The molecule has 1 fully saturated rings. The summed E-state index contributed by atoms with van der Waals surface area (Å²) in [5.74, 6) is -2.88. The number of methoxy groups -OCH3 is 1. The van der Waals surface area contributed by atoms with Crippen LogP contribution in [0.4, 0.5) is 13.2 Å². The molecule has 0 radical (unpaired) electrons. The van der Waals surface area contributed by atoms with E-state index in [0.29, 0.717) is 31.1 Å². The van der Waals surface area contributed by atoms with Gasteiger partial charge in [0, 0.05) is 25.6 Å². The van der Waals surface area contributed by atoms with Crippen molar-refractivity contribution in [2.75, 3.05) is 26.8 Å². The molecule has 4 N–H and O–H groups in total. The van der Waals surface area contributed by atoms with Crippen LogP contribution in [-0.4, -0.2) is 88.0 Å². The molecule has 0 bridgehead atoms. The van der Waals surface area contributed by atoms with E-state index in [4.69, 9.17) is 19.4 Å². The number of aromatic nitrogens is 2. The van der Waals surface area contributed by atoms with Gasteiger partial charge in [0.1, 0.15) is 23.5 Å². The molecule has 1 saturated heterocycles. The van der Waals surface area contributed by atoms with Gasteiger partial charge in [-0.1, -0.05) is 49.7 Å². The molecule has 0 spiro atoms. The minimum atomic E-state index is -5.08. The number of aliphatic carboxylic acids is 1. The van der Waals surface area contributed by atoms with Crippen molar-refractivity contribution >= 4 is 17.8 Å². The lowest BCUT2D eigenvalue weighted by atomic mass is 9.82. The Morgan fingerprint density at radius 3 is 2.30 bits per heavy atom. The fourth-order valence-electron chi connectivity index (χ4n) is 4.94. The van der Waals surface area contributed by atoms with E-state index in [2.05, 4.69) is 41.3 Å². The quantitative estimate of drug-likeness (QED) is 0.205. The van der Waals surface area contributed by atoms with E-state index in [1.54, 1.807) is 18.2 Å². The first-order valence-electron chi connectivity index (χ1n) is 14.7. The zero-order valence-corrected chi connectivity index (χ0v) is 25.8. The number of unbranched alkanes of at least 4 members (excludes halogenated alkanes) is 1. The molecule has 0 aliphatic carbocycles. The Balaban J connectivity index is 0.000000738. The summed E-state index contributed by atoms with van der Waals surface area (Å²) in [5.41, 5.74) is 3.04. The molecule has 1 aliphatic rings. The minimum absolute atomic E-state index is 0.0458. The lowest BCUT2D eigenvalue weighted by Crippen LogP contribution is -2.66. The maximum Gasteiger partial charge on any atom is 0.490 e. The van der Waals surface area contributed by atoms with Gasteiger partial charge in [-0.05, 0) is 42.2 Å². The van der Waals surface area contributed by atoms with Crippen molar-refractivity contribution in [3.8, 4) is 5.75 Å². The maximum absolute atomic E-state index is 13.8. The van der Waals surface area contributed by atoms with Crippen molar-refractivity contribution in [2.24, 2.45) is 0 Å². The molecule has 2 atom stereocenters. The first kappa shape index (κ1) is 36.0. The number of halogens is 3. The lowest BCUT2D eigenvalue weighted by Gasteiger charge is -2.51. The van der Waals surface area contributed by atoms with Crippen molar-refractivity contribution in [3.05, 3.63) is 83.4 Å². The number of likely N-dealkylation sites (tertiary alicyclic amines) is 1. The molecule has 46 heavy (non-hydrogen) atoms. The molecule has 2 heterocycles. The highest BCUT2D eigenvalue weighted by Gasteiger charge is 2.49. The van der Waals surface area contributed by atoms with E-state index in [9.17, 15) is 27.9 Å². The number of H-pyrrole nitrogens is 1. The molecule has 14 heteroatoms. The average molecular weight is 649 g/mol. The second-order valence-corrected chi connectivity index (χ2v) is 10.9. The number of aliphatic hydroxyl groups excluding tert-OH is 1. The van der Waals surface area contributed by atoms with E-state index in [1.165, 1.54) is 6.33 Å². The van der Waals surface area contributed by atoms with Gasteiger partial charge in [0.2, 0.25) is 11.8 Å². The topological polar surface area (TPSA) is 154 Å². The van der Waals surface area contributed by atoms with Gasteiger partial charge in [0.15, 0.2) is 0 Å². The Bertz CT molecular complexity index is 1430. The van der Waals surface area contributed by atoms with Crippen LogP contribution >= 0.6 is 0 Å². The van der Waals surface area contributed by atoms with Crippen LogP contribution in [0.25, 0.3) is 0 Å². The van der Waals surface area contributed by atoms with Crippen LogP contribution in [0.1, 0.15) is 42.1 Å². The molecule has 0 saturated carbocycles. The van der Waals surface area contributed by atoms with Crippen LogP contribution in [0.2, 0.25) is 0 Å². The Morgan fingerprint density at radius 1 is 1.11 bits per heavy atom. The third-order valence-corrected chi connectivity index (χ3v) is 7.43. The number of aryl methyl sites for hydroxylation is 1. The number of ether oxygens (including phenoxy) is 2. The van der Waals surface area contributed by atoms with E-state index in [-0.39, 0.29) is 18.7 Å². The van der Waals surface area contributed by atoms with Crippen molar-refractivity contribution in [3.63, 3.8) is 0 Å². The summed E-state index contributed by atoms with van der Waals surface area (Å²) < 4.78 is 43.4. The number of carbonyl (C=O) groups excluding carboxylic acids is 2. The Morgan fingerprint density at radius 2 is 1.76 bits per heavy atom.